The fourth-order valence-corrected chi connectivity index (χ4v) is 1.84. The molecule has 0 aromatic carbocycles. The standard InChI is InChI=1S/C8H4F3IN2O5/c1-18-7(15)4-5(12)3(14(16)17)2-13-6(4)19-8(9,10)11/h2H,1H3. The average Bonchev–Trinajstić information content (AvgIpc) is 2.25. The molecule has 0 saturated heterocycles. The number of pyridine rings is 1. The van der Waals surface area contributed by atoms with Crippen LogP contribution in [0.25, 0.3) is 0 Å². The van der Waals surface area contributed by atoms with Gasteiger partial charge in [0.25, 0.3) is 0 Å². The van der Waals surface area contributed by atoms with Gasteiger partial charge in [0.05, 0.1) is 12.0 Å². The molecular formula is C8H4F3IN2O5. The van der Waals surface area contributed by atoms with Crippen LogP contribution in [0.2, 0.25) is 0 Å². The zero-order valence-corrected chi connectivity index (χ0v) is 11.2. The molecule has 104 valence electrons. The second-order valence-electron chi connectivity index (χ2n) is 2.93. The zero-order valence-electron chi connectivity index (χ0n) is 9.02. The first kappa shape index (κ1) is 15.4. The number of esters is 1. The zero-order chi connectivity index (χ0) is 14.8. The number of aromatic nitrogens is 1. The van der Waals surface area contributed by atoms with Crippen molar-refractivity contribution in [2.45, 2.75) is 6.36 Å². The smallest absolute Gasteiger partial charge is 0.465 e. The van der Waals surface area contributed by atoms with Crippen molar-refractivity contribution in [3.05, 3.63) is 25.4 Å². The van der Waals surface area contributed by atoms with Crippen LogP contribution in [0.15, 0.2) is 6.20 Å². The van der Waals surface area contributed by atoms with Gasteiger partial charge in [-0.3, -0.25) is 10.1 Å². The normalized spacial score (nSPS) is 11.0. The number of nitro groups is 1. The first-order chi connectivity index (χ1) is 8.67. The Morgan fingerprint density at radius 1 is 1.53 bits per heavy atom. The molecule has 1 rings (SSSR count). The minimum Gasteiger partial charge on any atom is -0.465 e. The van der Waals surface area contributed by atoms with Crippen LogP contribution in [0.4, 0.5) is 18.9 Å². The van der Waals surface area contributed by atoms with E-state index in [-0.39, 0.29) is 3.57 Å². The van der Waals surface area contributed by atoms with E-state index in [2.05, 4.69) is 14.5 Å². The van der Waals surface area contributed by atoms with E-state index in [1.807, 2.05) is 0 Å². The van der Waals surface area contributed by atoms with E-state index in [0.29, 0.717) is 6.20 Å². The van der Waals surface area contributed by atoms with Crippen LogP contribution in [-0.4, -0.2) is 29.3 Å². The number of nitrogens with zero attached hydrogens (tertiary/aromatic N) is 2. The van der Waals surface area contributed by atoms with Gasteiger partial charge in [-0.2, -0.15) is 0 Å². The summed E-state index contributed by atoms with van der Waals surface area (Å²) in [6.45, 7) is 0. The molecule has 11 heteroatoms. The van der Waals surface area contributed by atoms with E-state index in [0.717, 1.165) is 7.11 Å². The Labute approximate surface area is 117 Å². The lowest BCUT2D eigenvalue weighted by Crippen LogP contribution is -2.21. The molecule has 0 aliphatic heterocycles. The highest BCUT2D eigenvalue weighted by Crippen LogP contribution is 2.32. The van der Waals surface area contributed by atoms with Crippen molar-refractivity contribution in [2.75, 3.05) is 7.11 Å². The summed E-state index contributed by atoms with van der Waals surface area (Å²) in [6, 6.07) is 0. The molecular weight excluding hydrogens is 388 g/mol. The molecule has 1 heterocycles. The molecule has 1 aromatic rings. The topological polar surface area (TPSA) is 91.6 Å². The molecule has 0 radical (unpaired) electrons. The SMILES string of the molecule is COC(=O)c1c(OC(F)(F)F)ncc([N+](=O)[O-])c1I. The summed E-state index contributed by atoms with van der Waals surface area (Å²) in [5, 5.41) is 10.6. The predicted octanol–water partition coefficient (Wildman–Crippen LogP) is 2.28. The summed E-state index contributed by atoms with van der Waals surface area (Å²) in [6.07, 6.45) is -4.52. The molecule has 0 spiro atoms. The molecule has 0 unspecified atom stereocenters. The van der Waals surface area contributed by atoms with Crippen molar-refractivity contribution in [1.82, 2.24) is 4.98 Å². The van der Waals surface area contributed by atoms with Gasteiger partial charge < -0.3 is 9.47 Å². The molecule has 0 aliphatic rings. The van der Waals surface area contributed by atoms with Crippen LogP contribution in [-0.2, 0) is 4.74 Å². The van der Waals surface area contributed by atoms with Gasteiger partial charge in [-0.15, -0.1) is 13.2 Å². The summed E-state index contributed by atoms with van der Waals surface area (Å²) < 4.78 is 43.8. The molecule has 19 heavy (non-hydrogen) atoms. The maximum Gasteiger partial charge on any atom is 0.574 e. The van der Waals surface area contributed by atoms with E-state index in [1.54, 1.807) is 0 Å². The number of carbonyl (C=O) groups is 1. The number of alkyl halides is 3. The first-order valence-electron chi connectivity index (χ1n) is 4.34. The molecule has 7 nitrogen and oxygen atoms in total. The highest BCUT2D eigenvalue weighted by Gasteiger charge is 2.36. The molecule has 0 aliphatic carbocycles. The van der Waals surface area contributed by atoms with Crippen molar-refractivity contribution in [3.63, 3.8) is 0 Å². The van der Waals surface area contributed by atoms with Crippen LogP contribution < -0.4 is 4.74 Å². The summed E-state index contributed by atoms with van der Waals surface area (Å²) in [5.74, 6) is -2.32. The third-order valence-electron chi connectivity index (χ3n) is 1.76. The Balaban J connectivity index is 3.44. The van der Waals surface area contributed by atoms with Gasteiger partial charge in [-0.05, 0) is 22.6 Å². The van der Waals surface area contributed by atoms with Gasteiger partial charge in [-0.1, -0.05) is 0 Å². The monoisotopic (exact) mass is 392 g/mol. The molecule has 0 bridgehead atoms. The van der Waals surface area contributed by atoms with Gasteiger partial charge in [0.2, 0.25) is 5.88 Å². The lowest BCUT2D eigenvalue weighted by atomic mass is 10.2. The Morgan fingerprint density at radius 2 is 2.11 bits per heavy atom. The number of halogens is 4. The fourth-order valence-electron chi connectivity index (χ4n) is 1.06. The first-order valence-corrected chi connectivity index (χ1v) is 5.42. The van der Waals surface area contributed by atoms with Crippen molar-refractivity contribution in [1.29, 1.82) is 0 Å². The Hall–Kier alpha value is -1.66. The summed E-state index contributed by atoms with van der Waals surface area (Å²) in [4.78, 5) is 24.2. The Bertz CT molecular complexity index is 534. The second kappa shape index (κ2) is 5.54. The van der Waals surface area contributed by atoms with Gasteiger partial charge >= 0.3 is 18.0 Å². The second-order valence-corrected chi connectivity index (χ2v) is 4.01. The average molecular weight is 392 g/mol. The largest absolute Gasteiger partial charge is 0.574 e. The van der Waals surface area contributed by atoms with E-state index in [4.69, 9.17) is 0 Å². The predicted molar refractivity (Wildman–Crippen MR) is 61.6 cm³/mol. The van der Waals surface area contributed by atoms with Crippen LogP contribution in [0.3, 0.4) is 0 Å². The molecule has 0 N–H and O–H groups in total. The number of rotatable bonds is 3. The maximum atomic E-state index is 12.1. The maximum absolute atomic E-state index is 12.1. The molecule has 0 atom stereocenters. The lowest BCUT2D eigenvalue weighted by Gasteiger charge is -2.11. The van der Waals surface area contributed by atoms with Crippen LogP contribution in [0.5, 0.6) is 5.88 Å². The highest BCUT2D eigenvalue weighted by atomic mass is 127. The van der Waals surface area contributed by atoms with E-state index < -0.39 is 34.4 Å². The lowest BCUT2D eigenvalue weighted by molar-refractivity contribution is -0.386. The number of hydrogen-bond acceptors (Lipinski definition) is 6. The van der Waals surface area contributed by atoms with Crippen LogP contribution >= 0.6 is 22.6 Å². The van der Waals surface area contributed by atoms with Gasteiger partial charge in [0, 0.05) is 0 Å². The number of hydrogen-bond donors (Lipinski definition) is 0. The van der Waals surface area contributed by atoms with Crippen molar-refractivity contribution < 1.29 is 32.4 Å². The minimum atomic E-state index is -5.09. The van der Waals surface area contributed by atoms with Crippen molar-refractivity contribution in [2.24, 2.45) is 0 Å². The Morgan fingerprint density at radius 3 is 2.53 bits per heavy atom. The highest BCUT2D eigenvalue weighted by molar-refractivity contribution is 14.1. The summed E-state index contributed by atoms with van der Waals surface area (Å²) in [5.41, 5.74) is -1.38. The molecule has 0 fully saturated rings. The summed E-state index contributed by atoms with van der Waals surface area (Å²) in [7, 11) is 0.911. The number of ether oxygens (including phenoxy) is 2. The van der Waals surface area contributed by atoms with Crippen molar-refractivity contribution >= 4 is 34.2 Å². The number of carbonyl (C=O) groups excluding carboxylic acids is 1. The van der Waals surface area contributed by atoms with Crippen LogP contribution in [0.1, 0.15) is 10.4 Å². The number of methoxy groups -OCH3 is 1. The third-order valence-corrected chi connectivity index (χ3v) is 2.85. The van der Waals surface area contributed by atoms with Gasteiger partial charge in [0.15, 0.2) is 0 Å². The van der Waals surface area contributed by atoms with Gasteiger partial charge in [0.1, 0.15) is 15.3 Å². The third kappa shape index (κ3) is 3.65. The van der Waals surface area contributed by atoms with E-state index >= 15 is 0 Å². The minimum absolute atomic E-state index is 0.358. The summed E-state index contributed by atoms with van der Waals surface area (Å²) >= 11 is 1.34. The molecule has 0 saturated carbocycles. The van der Waals surface area contributed by atoms with Crippen molar-refractivity contribution in [3.8, 4) is 5.88 Å². The van der Waals surface area contributed by atoms with Crippen LogP contribution in [0, 0.1) is 13.7 Å². The molecule has 1 aromatic heterocycles. The molecule has 0 amide bonds. The van der Waals surface area contributed by atoms with E-state index in [9.17, 15) is 28.1 Å². The Kier molecular flexibility index (Phi) is 4.49. The fraction of sp³-hybridized carbons (Fsp3) is 0.250. The van der Waals surface area contributed by atoms with Gasteiger partial charge in [-0.25, -0.2) is 9.78 Å². The van der Waals surface area contributed by atoms with E-state index in [1.165, 1.54) is 22.6 Å². The quantitative estimate of drug-likeness (QED) is 0.339.